The zero-order chi connectivity index (χ0) is 41.3. The Balaban J connectivity index is 1.87. The molecule has 7 rings (SSSR count). The Morgan fingerprint density at radius 1 is 0.361 bits per heavy atom. The molecule has 0 amide bonds. The Bertz CT molecular complexity index is 2850. The average molecular weight is 477 g/mol. The van der Waals surface area contributed by atoms with Crippen LogP contribution in [-0.2, 0) is 0 Å². The van der Waals surface area contributed by atoms with Crippen LogP contribution in [0.15, 0.2) is 145 Å². The molecular formula is C36H24. The lowest BCUT2D eigenvalue weighted by Crippen LogP contribution is -1.93. The van der Waals surface area contributed by atoms with Crippen LogP contribution >= 0.6 is 0 Å². The van der Waals surface area contributed by atoms with Crippen LogP contribution in [0.5, 0.6) is 0 Å². The van der Waals surface area contributed by atoms with E-state index in [0.29, 0.717) is 0 Å². The van der Waals surface area contributed by atoms with Crippen molar-refractivity contribution in [1.29, 1.82) is 0 Å². The van der Waals surface area contributed by atoms with Crippen molar-refractivity contribution in [3.8, 4) is 33.4 Å². The molecule has 168 valence electrons. The molecule has 0 nitrogen and oxygen atoms in total. The van der Waals surface area contributed by atoms with E-state index in [1.54, 1.807) is 0 Å². The fourth-order valence-electron chi connectivity index (χ4n) is 4.45. The molecule has 0 saturated heterocycles. The van der Waals surface area contributed by atoms with Crippen molar-refractivity contribution in [2.24, 2.45) is 0 Å². The van der Waals surface area contributed by atoms with Crippen LogP contribution in [0.2, 0.25) is 0 Å². The topological polar surface area (TPSA) is 0 Å². The zero-order valence-corrected chi connectivity index (χ0v) is 18.3. The maximum atomic E-state index is 9.25. The molecule has 0 fully saturated rings. The van der Waals surface area contributed by atoms with Crippen molar-refractivity contribution in [2.45, 2.75) is 0 Å². The minimum Gasteiger partial charge on any atom is -0.0622 e. The molecule has 0 heteroatoms. The Kier molecular flexibility index (Phi) is 2.07. The summed E-state index contributed by atoms with van der Waals surface area (Å²) >= 11 is 0. The van der Waals surface area contributed by atoms with Gasteiger partial charge in [-0.1, -0.05) is 145 Å². The van der Waals surface area contributed by atoms with Crippen LogP contribution < -0.4 is 0 Å². The van der Waals surface area contributed by atoms with Gasteiger partial charge >= 0.3 is 0 Å². The number of hydrogen-bond donors (Lipinski definition) is 0. The Morgan fingerprint density at radius 2 is 0.861 bits per heavy atom. The van der Waals surface area contributed by atoms with E-state index >= 15 is 0 Å². The maximum absolute atomic E-state index is 9.25. The van der Waals surface area contributed by atoms with Gasteiger partial charge in [-0.3, -0.25) is 0 Å². The molecule has 0 atom stereocenters. The first-order valence-corrected chi connectivity index (χ1v) is 10.8. The van der Waals surface area contributed by atoms with Gasteiger partial charge in [-0.25, -0.2) is 0 Å². The lowest BCUT2D eigenvalue weighted by atomic mass is 9.83. The van der Waals surface area contributed by atoms with Crippen molar-refractivity contribution in [3.05, 3.63) is 145 Å². The summed E-state index contributed by atoms with van der Waals surface area (Å²) in [6.07, 6.45) is 0. The van der Waals surface area contributed by atoms with Gasteiger partial charge in [0.15, 0.2) is 0 Å². The SMILES string of the molecule is [2H]c1c([2H])c([2H])c(-c2c3c([2H])c([2H])c([2H])c([2H])c3c(-c3ccccc3-c3c([2H])c([2H])c([2H])c4c([2H])c([2H])c([2H])c([2H])c34)c3c([2H])c([2H])c([2H])c([2H])c23)c([2H])c1[2H]. The second-order valence-corrected chi connectivity index (χ2v) is 7.80. The predicted octanol–water partition coefficient (Wildman–Crippen LogP) is 10.1. The summed E-state index contributed by atoms with van der Waals surface area (Å²) in [5.74, 6) is 0. The van der Waals surface area contributed by atoms with E-state index in [1.165, 1.54) is 24.3 Å². The highest BCUT2D eigenvalue weighted by molar-refractivity contribution is 6.22. The van der Waals surface area contributed by atoms with E-state index in [9.17, 15) is 5.48 Å². The molecule has 0 aliphatic carbocycles. The molecule has 0 aliphatic rings. The van der Waals surface area contributed by atoms with Gasteiger partial charge in [-0.15, -0.1) is 0 Å². The number of fused-ring (bicyclic) bond motifs is 3. The summed E-state index contributed by atoms with van der Waals surface area (Å²) in [5, 5.41) is -2.41. The molecule has 0 radical (unpaired) electrons. The summed E-state index contributed by atoms with van der Waals surface area (Å²) in [7, 11) is 0. The summed E-state index contributed by atoms with van der Waals surface area (Å²) in [6.45, 7) is 0. The van der Waals surface area contributed by atoms with Gasteiger partial charge in [0.1, 0.15) is 0 Å². The monoisotopic (exact) mass is 476 g/mol. The highest BCUT2D eigenvalue weighted by Gasteiger charge is 2.19. The predicted molar refractivity (Wildman–Crippen MR) is 155 cm³/mol. The van der Waals surface area contributed by atoms with Gasteiger partial charge in [0.25, 0.3) is 0 Å². The first kappa shape index (κ1) is 8.76. The van der Waals surface area contributed by atoms with Gasteiger partial charge < -0.3 is 0 Å². The second kappa shape index (κ2) is 8.52. The van der Waals surface area contributed by atoms with Crippen LogP contribution in [0.1, 0.15) is 27.4 Å². The third-order valence-corrected chi connectivity index (χ3v) is 5.90. The minimum absolute atomic E-state index is 0.0704. The molecule has 0 heterocycles. The Labute approximate surface area is 239 Å². The van der Waals surface area contributed by atoms with Crippen LogP contribution in [0.4, 0.5) is 0 Å². The van der Waals surface area contributed by atoms with E-state index < -0.39 is 154 Å². The highest BCUT2D eigenvalue weighted by Crippen LogP contribution is 2.46. The molecule has 0 aromatic heterocycles. The fraction of sp³-hybridized carbons (Fsp3) is 0. The van der Waals surface area contributed by atoms with E-state index in [-0.39, 0.29) is 33.0 Å². The first-order valence-electron chi connectivity index (χ1n) is 20.8. The normalized spacial score (nSPS) is 19.1. The molecule has 0 saturated carbocycles. The lowest BCUT2D eigenvalue weighted by molar-refractivity contribution is 1.63. The van der Waals surface area contributed by atoms with Crippen molar-refractivity contribution in [2.75, 3.05) is 0 Å². The molecule has 36 heavy (non-hydrogen) atoms. The van der Waals surface area contributed by atoms with E-state index in [4.69, 9.17) is 21.9 Å². The molecule has 7 aromatic rings. The number of rotatable bonds is 3. The van der Waals surface area contributed by atoms with E-state index in [2.05, 4.69) is 0 Å². The molecular weight excluding hydrogens is 432 g/mol. The molecule has 0 bridgehead atoms. The van der Waals surface area contributed by atoms with Gasteiger partial charge in [0.2, 0.25) is 0 Å². The van der Waals surface area contributed by atoms with Gasteiger partial charge in [-0.2, -0.15) is 0 Å². The third kappa shape index (κ3) is 3.23. The number of hydrogen-bond acceptors (Lipinski definition) is 0. The van der Waals surface area contributed by atoms with Crippen LogP contribution in [0, 0.1) is 0 Å². The van der Waals surface area contributed by atoms with Crippen molar-refractivity contribution >= 4 is 32.3 Å². The Morgan fingerprint density at radius 3 is 1.53 bits per heavy atom. The molecule has 7 aromatic carbocycles. The van der Waals surface area contributed by atoms with Crippen LogP contribution in [0.25, 0.3) is 65.7 Å². The van der Waals surface area contributed by atoms with E-state index in [1.807, 2.05) is 0 Å². The Hall–Kier alpha value is -4.68. The van der Waals surface area contributed by atoms with E-state index in [0.717, 1.165) is 0 Å². The minimum atomic E-state index is -0.818. The smallest absolute Gasteiger partial charge is 0.0622 e. The van der Waals surface area contributed by atoms with Gasteiger partial charge in [-0.05, 0) is 65.7 Å². The second-order valence-electron chi connectivity index (χ2n) is 7.80. The zero-order valence-electron chi connectivity index (χ0n) is 38.3. The average Bonchev–Trinajstić information content (AvgIpc) is 3.18. The maximum Gasteiger partial charge on any atom is 0.0629 e. The fourth-order valence-corrected chi connectivity index (χ4v) is 4.45. The molecule has 0 aliphatic heterocycles. The van der Waals surface area contributed by atoms with Gasteiger partial charge in [0.05, 0.1) is 27.4 Å². The first-order chi connectivity index (χ1) is 26.2. The summed E-state index contributed by atoms with van der Waals surface area (Å²) in [6, 6.07) is -9.25. The van der Waals surface area contributed by atoms with Gasteiger partial charge in [0, 0.05) is 0 Å². The lowest BCUT2D eigenvalue weighted by Gasteiger charge is -2.20. The third-order valence-electron chi connectivity index (χ3n) is 5.90. The molecule has 0 spiro atoms. The highest BCUT2D eigenvalue weighted by atomic mass is 14.2. The summed E-state index contributed by atoms with van der Waals surface area (Å²) < 4.78 is 175. The van der Waals surface area contributed by atoms with Crippen molar-refractivity contribution in [3.63, 3.8) is 0 Å². The number of benzene rings is 7. The molecule has 0 unspecified atom stereocenters. The van der Waals surface area contributed by atoms with Crippen LogP contribution in [-0.4, -0.2) is 0 Å². The molecule has 0 N–H and O–H groups in total. The summed E-state index contributed by atoms with van der Waals surface area (Å²) in [5.41, 5.74) is -1.78. The quantitative estimate of drug-likeness (QED) is 0.223. The van der Waals surface area contributed by atoms with Crippen molar-refractivity contribution in [1.82, 2.24) is 0 Å². The standard InChI is InChI=1S/C36H24/c1-2-14-26(15-3-1)35-31-20-8-10-22-33(31)36(34-23-11-9-21-32(34)35)30-19-7-6-18-29(30)28-24-12-16-25-13-4-5-17-27(25)28/h1-24H/i1D,2D,3D,4D,5D,8D,9D,10D,11D,12D,13D,14D,15D,16D,17D,20D,21D,22D,23D,24D. The largest absolute Gasteiger partial charge is 0.0629 e. The summed E-state index contributed by atoms with van der Waals surface area (Å²) in [4.78, 5) is 0. The van der Waals surface area contributed by atoms with Crippen LogP contribution in [0.3, 0.4) is 0 Å². The van der Waals surface area contributed by atoms with Crippen molar-refractivity contribution < 1.29 is 27.4 Å².